The lowest BCUT2D eigenvalue weighted by atomic mass is 9.78. The second-order valence-corrected chi connectivity index (χ2v) is 30.2. The van der Waals surface area contributed by atoms with E-state index >= 15 is 0 Å². The fraction of sp³-hybridized carbons (Fsp3) is 0.817. The number of hydrogen-bond donors (Lipinski definition) is 9. The zero-order chi connectivity index (χ0) is 71.2. The fourth-order valence-electron chi connectivity index (χ4n) is 15.1. The van der Waals surface area contributed by atoms with Crippen LogP contribution >= 0.6 is 0 Å². The molecule has 28 atom stereocenters. The van der Waals surface area contributed by atoms with Gasteiger partial charge in [0.1, 0.15) is 41.7 Å². The zero-order valence-electron chi connectivity index (χ0n) is 60.5. The molecule has 94 heavy (non-hydrogen) atoms. The first-order valence-electron chi connectivity index (χ1n) is 34.2. The van der Waals surface area contributed by atoms with Crippen LogP contribution in [0.2, 0.25) is 0 Å². The van der Waals surface area contributed by atoms with Gasteiger partial charge in [0.25, 0.3) is 0 Å². The van der Waals surface area contributed by atoms with Gasteiger partial charge < -0.3 is 98.7 Å². The summed E-state index contributed by atoms with van der Waals surface area (Å²) in [5.41, 5.74) is -6.25. The molecule has 9 N–H and O–H groups in total. The summed E-state index contributed by atoms with van der Waals surface area (Å²) in [5, 5.41) is 106. The Hall–Kier alpha value is -3.57. The smallest absolute Gasteiger partial charge is 0.338 e. The number of fused-ring (bicyclic) bond motifs is 1. The van der Waals surface area contributed by atoms with Gasteiger partial charge in [0.2, 0.25) is 0 Å². The summed E-state index contributed by atoms with van der Waals surface area (Å²) in [6.45, 7) is 28.4. The van der Waals surface area contributed by atoms with E-state index in [1.807, 2.05) is 120 Å². The minimum Gasteiger partial charge on any atom is -0.459 e. The van der Waals surface area contributed by atoms with Crippen molar-refractivity contribution in [2.45, 2.75) is 282 Å². The van der Waals surface area contributed by atoms with Crippen molar-refractivity contribution in [1.29, 1.82) is 0 Å². The molecule has 23 nitrogen and oxygen atoms in total. The Balaban J connectivity index is 0.000000353. The lowest BCUT2D eigenvalue weighted by Crippen LogP contribution is -2.60. The molecule has 0 radical (unpaired) electrons. The van der Waals surface area contributed by atoms with Gasteiger partial charge in [-0.3, -0.25) is 9.59 Å². The summed E-state index contributed by atoms with van der Waals surface area (Å²) in [6.07, 6.45) is -11.9. The van der Waals surface area contributed by atoms with Crippen LogP contribution in [0.25, 0.3) is 10.8 Å². The van der Waals surface area contributed by atoms with Gasteiger partial charge in [0.05, 0.1) is 71.3 Å². The highest BCUT2D eigenvalue weighted by Gasteiger charge is 2.53. The highest BCUT2D eigenvalue weighted by atomic mass is 16.7. The van der Waals surface area contributed by atoms with Gasteiger partial charge in [-0.1, -0.05) is 71.9 Å². The van der Waals surface area contributed by atoms with Gasteiger partial charge in [-0.25, -0.2) is 4.79 Å². The number of nitrogens with zero attached hydrogens (tertiary/aromatic N) is 4. The normalized spacial score (nSPS) is 43.6. The zero-order valence-corrected chi connectivity index (χ0v) is 60.5. The predicted octanol–water partition coefficient (Wildman–Crippen LogP) is 4.97. The Bertz CT molecular complexity index is 2720. The molecule has 23 heteroatoms. The van der Waals surface area contributed by atoms with Crippen LogP contribution in [0, 0.1) is 35.5 Å². The van der Waals surface area contributed by atoms with E-state index in [1.165, 1.54) is 27.7 Å². The maximum absolute atomic E-state index is 13.8. The summed E-state index contributed by atoms with van der Waals surface area (Å²) in [5.74, 6) is -6.08. The average molecular weight is 1340 g/mol. The summed E-state index contributed by atoms with van der Waals surface area (Å²) < 4.78 is 43.3. The van der Waals surface area contributed by atoms with Crippen molar-refractivity contribution in [3.63, 3.8) is 0 Å². The number of cyclic esters (lactones) is 2. The van der Waals surface area contributed by atoms with Crippen molar-refractivity contribution in [3.05, 3.63) is 48.0 Å². The van der Waals surface area contributed by atoms with E-state index < -0.39 is 150 Å². The quantitative estimate of drug-likeness (QED) is 0.112. The van der Waals surface area contributed by atoms with E-state index in [0.717, 1.165) is 10.8 Å². The minimum atomic E-state index is -1.79. The highest BCUT2D eigenvalue weighted by molar-refractivity contribution is 5.95. The molecule has 0 aromatic heterocycles. The molecule has 0 aliphatic carbocycles. The van der Waals surface area contributed by atoms with Crippen LogP contribution in [0.3, 0.4) is 0 Å². The maximum Gasteiger partial charge on any atom is 0.338 e. The van der Waals surface area contributed by atoms with Gasteiger partial charge in [-0.05, 0) is 185 Å². The molecule has 6 rings (SSSR count). The van der Waals surface area contributed by atoms with Crippen molar-refractivity contribution in [2.24, 2.45) is 35.5 Å². The second-order valence-electron chi connectivity index (χ2n) is 30.2. The molecule has 0 spiro atoms. The van der Waals surface area contributed by atoms with Crippen LogP contribution in [0.15, 0.2) is 42.5 Å². The molecule has 0 saturated carbocycles. The van der Waals surface area contributed by atoms with Crippen LogP contribution in [-0.2, 0) is 42.7 Å². The van der Waals surface area contributed by atoms with Crippen LogP contribution in [0.1, 0.15) is 160 Å². The number of carbonyl (C=O) groups excluding carboxylic acids is 3. The molecule has 4 aliphatic rings. The third-order valence-electron chi connectivity index (χ3n) is 21.1. The van der Waals surface area contributed by atoms with E-state index in [-0.39, 0.29) is 61.8 Å². The number of aliphatic hydroxyl groups is 9. The Kier molecular flexibility index (Phi) is 28.9. The summed E-state index contributed by atoms with van der Waals surface area (Å²) in [4.78, 5) is 48.4. The third-order valence-corrected chi connectivity index (χ3v) is 21.1. The first-order valence-corrected chi connectivity index (χ1v) is 34.2. The molecular weight excluding hydrogens is 1210 g/mol. The van der Waals surface area contributed by atoms with Crippen molar-refractivity contribution in [1.82, 2.24) is 19.6 Å². The Labute approximate surface area is 560 Å². The lowest BCUT2D eigenvalue weighted by molar-refractivity contribution is -0.299. The van der Waals surface area contributed by atoms with E-state index in [9.17, 15) is 60.3 Å². The van der Waals surface area contributed by atoms with Gasteiger partial charge in [-0.2, -0.15) is 0 Å². The second kappa shape index (κ2) is 33.5. The van der Waals surface area contributed by atoms with E-state index in [2.05, 4.69) is 0 Å². The highest BCUT2D eigenvalue weighted by Crippen LogP contribution is 2.40. The molecule has 2 aromatic rings. The van der Waals surface area contributed by atoms with E-state index in [0.29, 0.717) is 31.5 Å². The van der Waals surface area contributed by atoms with Crippen molar-refractivity contribution < 1.29 is 93.5 Å². The minimum absolute atomic E-state index is 0.0990. The average Bonchev–Trinajstić information content (AvgIpc) is 1.09. The Morgan fingerprint density at radius 1 is 0.574 bits per heavy atom. The molecular formula is C71H122N4O19. The van der Waals surface area contributed by atoms with Crippen LogP contribution in [0.5, 0.6) is 0 Å². The number of benzene rings is 2. The van der Waals surface area contributed by atoms with E-state index in [4.69, 9.17) is 33.2 Å². The van der Waals surface area contributed by atoms with Gasteiger partial charge in [0, 0.05) is 43.1 Å². The van der Waals surface area contributed by atoms with Crippen molar-refractivity contribution >= 4 is 28.7 Å². The van der Waals surface area contributed by atoms with Gasteiger partial charge in [-0.15, -0.1) is 0 Å². The van der Waals surface area contributed by atoms with Crippen molar-refractivity contribution in [3.8, 4) is 0 Å². The van der Waals surface area contributed by atoms with E-state index in [1.54, 1.807) is 67.5 Å². The number of aliphatic hydroxyl groups excluding tert-OH is 5. The predicted molar refractivity (Wildman–Crippen MR) is 357 cm³/mol. The number of carbonyl (C=O) groups is 3. The SMILES string of the molecule is CC[C@H]1OC(=O)[C@H](C)[C@@H](O)[C@H](C)[C@@H](O[C@@H]2O[C@H](C)C[C@H](N(C)C)[C@H]2O)[C@](C)(O)C[C@@H](C)CN(C)[C@H](C)[C@@H](O)[C@]1(C)O.CC[C@H]1OC(=O)[C@H](C)[C@@H](O)[C@H](C)[C@@H](O[C@@H]2O[C@H](C)C[C@H](N(C)C)[C@H]2OC(=O)c2ccc3ccccc3c2)[C@](C)(O)C[C@@H](C)CN(C)[C@H](C)[C@@H](O)[C@]1(C)O. The van der Waals surface area contributed by atoms with Crippen LogP contribution < -0.4 is 0 Å². The Morgan fingerprint density at radius 3 is 1.38 bits per heavy atom. The summed E-state index contributed by atoms with van der Waals surface area (Å²) in [7, 11) is 11.2. The first-order chi connectivity index (χ1) is 43.4. The first kappa shape index (κ1) is 81.1. The number of likely N-dealkylation sites (N-methyl/N-ethyl adjacent to an activating group) is 4. The number of rotatable bonds is 10. The lowest BCUT2D eigenvalue weighted by Gasteiger charge is -2.47. The van der Waals surface area contributed by atoms with Crippen LogP contribution in [0.4, 0.5) is 0 Å². The molecule has 0 amide bonds. The molecule has 540 valence electrons. The monoisotopic (exact) mass is 1330 g/mol. The van der Waals surface area contributed by atoms with Crippen molar-refractivity contribution in [2.75, 3.05) is 55.4 Å². The van der Waals surface area contributed by atoms with Gasteiger partial charge in [0.15, 0.2) is 18.7 Å². The van der Waals surface area contributed by atoms with Gasteiger partial charge >= 0.3 is 17.9 Å². The summed E-state index contributed by atoms with van der Waals surface area (Å²) in [6, 6.07) is 11.5. The Morgan fingerprint density at radius 2 is 0.968 bits per heavy atom. The van der Waals surface area contributed by atoms with Crippen LogP contribution in [-0.4, -0.2) is 271 Å². The summed E-state index contributed by atoms with van der Waals surface area (Å²) >= 11 is 0. The number of ether oxygens (including phenoxy) is 7. The fourth-order valence-corrected chi connectivity index (χ4v) is 15.1. The number of esters is 3. The molecule has 4 heterocycles. The molecule has 2 aromatic carbocycles. The molecule has 4 fully saturated rings. The topological polar surface area (TPSA) is 311 Å². The molecule has 0 bridgehead atoms. The largest absolute Gasteiger partial charge is 0.459 e. The standard InChI is InChI=1S/C41H64N2O10.C30H58N2O9/c1-12-32-41(8,49)35(45)27(6)43(11)22-23(2)21-40(7,48)36(25(4)33(44)26(5)37(46)51-32)53-39-34(31(42(9)10)19-24(3)50-39)52-38(47)30-18-17-28-15-13-14-16-29(28)20-30;1-12-22-30(8,38)25(35)20(6)32(11)15-16(2)14-29(7,37)26(18(4)23(33)19(5)27(36)40-22)41-28-24(34)21(31(9)10)13-17(3)39-28/h13-18,20,23-27,31-36,39,44-45,48-49H,12,19,21-22H2,1-11H3;16-26,28,33-35,37-38H,12-15H2,1-11H3/t23-,24-,25+,26-,27-,31+,32-,33+,34-,35-,36-,39+,40-,41-;16-,17-,18+,19-,20-,21+,22-,23+,24-,25-,26-,28+,29-,30-/m11/s1. The molecule has 4 saturated heterocycles. The molecule has 4 aliphatic heterocycles. The maximum atomic E-state index is 13.8. The molecule has 0 unspecified atom stereocenters. The third kappa shape index (κ3) is 19.4. The number of hydrogen-bond acceptors (Lipinski definition) is 23.